The first kappa shape index (κ1) is 20.9. The summed E-state index contributed by atoms with van der Waals surface area (Å²) in [5.41, 5.74) is 1.19. The standard InChI is InChI=1S/C20H22FN3O4S/c1-14(15-5-7-16(21)8-6-15)11-19(25)23-17-3-2-4-18(12-17)29(27,28)24-10-9-22-20(26)13-24/h2-8,12,14H,9-11,13H2,1H3,(H,22,26)(H,23,25). The first-order valence-corrected chi connectivity index (χ1v) is 10.6. The summed E-state index contributed by atoms with van der Waals surface area (Å²) in [5, 5.41) is 5.29. The lowest BCUT2D eigenvalue weighted by Crippen LogP contribution is -2.49. The molecule has 29 heavy (non-hydrogen) atoms. The van der Waals surface area contributed by atoms with Gasteiger partial charge in [-0.15, -0.1) is 0 Å². The van der Waals surface area contributed by atoms with E-state index in [-0.39, 0.29) is 54.5 Å². The average Bonchev–Trinajstić information content (AvgIpc) is 2.68. The molecule has 0 aliphatic carbocycles. The molecule has 154 valence electrons. The van der Waals surface area contributed by atoms with Crippen molar-refractivity contribution in [1.82, 2.24) is 9.62 Å². The van der Waals surface area contributed by atoms with Gasteiger partial charge >= 0.3 is 0 Å². The second-order valence-corrected chi connectivity index (χ2v) is 8.86. The average molecular weight is 419 g/mol. The fourth-order valence-corrected chi connectivity index (χ4v) is 4.55. The van der Waals surface area contributed by atoms with Crippen LogP contribution in [0.4, 0.5) is 10.1 Å². The Hall–Kier alpha value is -2.78. The Kier molecular flexibility index (Phi) is 6.29. The van der Waals surface area contributed by atoms with Gasteiger partial charge in [0.05, 0.1) is 11.4 Å². The molecule has 1 aliphatic rings. The van der Waals surface area contributed by atoms with Gasteiger partial charge in [0.1, 0.15) is 5.82 Å². The maximum absolute atomic E-state index is 13.0. The highest BCUT2D eigenvalue weighted by Gasteiger charge is 2.29. The number of carbonyl (C=O) groups excluding carboxylic acids is 2. The summed E-state index contributed by atoms with van der Waals surface area (Å²) in [5.74, 6) is -1.10. The molecule has 1 heterocycles. The number of hydrogen-bond acceptors (Lipinski definition) is 4. The van der Waals surface area contributed by atoms with E-state index in [4.69, 9.17) is 0 Å². The molecule has 3 rings (SSSR count). The molecule has 1 atom stereocenters. The molecular weight excluding hydrogens is 397 g/mol. The Bertz CT molecular complexity index is 1010. The Balaban J connectivity index is 1.68. The highest BCUT2D eigenvalue weighted by molar-refractivity contribution is 7.89. The van der Waals surface area contributed by atoms with Crippen LogP contribution in [0.25, 0.3) is 0 Å². The van der Waals surface area contributed by atoms with Crippen LogP contribution in [0.2, 0.25) is 0 Å². The second kappa shape index (κ2) is 8.71. The summed E-state index contributed by atoms with van der Waals surface area (Å²) in [7, 11) is -3.84. The molecule has 0 aromatic heterocycles. The van der Waals surface area contributed by atoms with Crippen LogP contribution < -0.4 is 10.6 Å². The van der Waals surface area contributed by atoms with Crippen molar-refractivity contribution in [2.45, 2.75) is 24.2 Å². The van der Waals surface area contributed by atoms with Crippen molar-refractivity contribution in [3.05, 3.63) is 59.9 Å². The lowest BCUT2D eigenvalue weighted by atomic mass is 9.97. The number of hydrogen-bond donors (Lipinski definition) is 2. The van der Waals surface area contributed by atoms with Crippen molar-refractivity contribution in [2.24, 2.45) is 0 Å². The molecule has 0 radical (unpaired) electrons. The number of carbonyl (C=O) groups is 2. The van der Waals surface area contributed by atoms with Gasteiger partial charge in [-0.3, -0.25) is 9.59 Å². The van der Waals surface area contributed by atoms with Crippen molar-refractivity contribution >= 4 is 27.5 Å². The summed E-state index contributed by atoms with van der Waals surface area (Å²) in [6.07, 6.45) is 0.162. The SMILES string of the molecule is CC(CC(=O)Nc1cccc(S(=O)(=O)N2CCNC(=O)C2)c1)c1ccc(F)cc1. The lowest BCUT2D eigenvalue weighted by molar-refractivity contribution is -0.122. The molecule has 7 nitrogen and oxygen atoms in total. The Morgan fingerprint density at radius 3 is 2.66 bits per heavy atom. The van der Waals surface area contributed by atoms with Gasteiger partial charge in [-0.05, 0) is 41.8 Å². The number of nitrogens with one attached hydrogen (secondary N) is 2. The van der Waals surface area contributed by atoms with E-state index in [1.807, 2.05) is 6.92 Å². The third-order valence-electron chi connectivity index (χ3n) is 4.69. The van der Waals surface area contributed by atoms with E-state index in [9.17, 15) is 22.4 Å². The van der Waals surface area contributed by atoms with Crippen LogP contribution in [0.3, 0.4) is 0 Å². The Morgan fingerprint density at radius 2 is 1.97 bits per heavy atom. The number of anilines is 1. The summed E-state index contributed by atoms with van der Waals surface area (Å²) in [6.45, 7) is 2.08. The van der Waals surface area contributed by atoms with Crippen LogP contribution in [0.1, 0.15) is 24.8 Å². The van der Waals surface area contributed by atoms with Gasteiger partial charge in [-0.25, -0.2) is 12.8 Å². The molecule has 0 saturated carbocycles. The molecule has 1 aliphatic heterocycles. The van der Waals surface area contributed by atoms with Crippen LogP contribution in [0.15, 0.2) is 53.4 Å². The predicted molar refractivity (Wildman–Crippen MR) is 106 cm³/mol. The van der Waals surface area contributed by atoms with E-state index in [0.29, 0.717) is 5.69 Å². The molecule has 1 unspecified atom stereocenters. The summed E-state index contributed by atoms with van der Waals surface area (Å²) < 4.78 is 39.7. The zero-order valence-electron chi connectivity index (χ0n) is 15.9. The minimum Gasteiger partial charge on any atom is -0.354 e. The third kappa shape index (κ3) is 5.18. The number of benzene rings is 2. The number of nitrogens with zero attached hydrogens (tertiary/aromatic N) is 1. The number of amides is 2. The largest absolute Gasteiger partial charge is 0.354 e. The maximum Gasteiger partial charge on any atom is 0.243 e. The van der Waals surface area contributed by atoms with Crippen molar-refractivity contribution < 1.29 is 22.4 Å². The number of piperazine rings is 1. The number of sulfonamides is 1. The minimum atomic E-state index is -3.84. The second-order valence-electron chi connectivity index (χ2n) is 6.92. The molecule has 2 N–H and O–H groups in total. The third-order valence-corrected chi connectivity index (χ3v) is 6.53. The van der Waals surface area contributed by atoms with E-state index >= 15 is 0 Å². The quantitative estimate of drug-likeness (QED) is 0.749. The van der Waals surface area contributed by atoms with Crippen molar-refractivity contribution in [3.63, 3.8) is 0 Å². The monoisotopic (exact) mass is 419 g/mol. The van der Waals surface area contributed by atoms with Gasteiger partial charge in [0.2, 0.25) is 21.8 Å². The fourth-order valence-electron chi connectivity index (χ4n) is 3.10. The zero-order chi connectivity index (χ0) is 21.0. The van der Waals surface area contributed by atoms with Crippen LogP contribution in [-0.4, -0.2) is 44.2 Å². The predicted octanol–water partition coefficient (Wildman–Crippen LogP) is 2.08. The molecular formula is C20H22FN3O4S. The minimum absolute atomic E-state index is 0.0107. The Morgan fingerprint density at radius 1 is 1.24 bits per heavy atom. The Labute approximate surface area is 169 Å². The summed E-state index contributed by atoms with van der Waals surface area (Å²) in [6, 6.07) is 11.9. The van der Waals surface area contributed by atoms with Gasteiger partial charge in [0, 0.05) is 25.2 Å². The van der Waals surface area contributed by atoms with Crippen LogP contribution in [0.5, 0.6) is 0 Å². The van der Waals surface area contributed by atoms with E-state index in [1.54, 1.807) is 18.2 Å². The first-order chi connectivity index (χ1) is 13.8. The molecule has 0 spiro atoms. The molecule has 1 saturated heterocycles. The molecule has 9 heteroatoms. The van der Waals surface area contributed by atoms with Crippen molar-refractivity contribution in [1.29, 1.82) is 0 Å². The van der Waals surface area contributed by atoms with Crippen molar-refractivity contribution in [3.8, 4) is 0 Å². The normalized spacial score (nSPS) is 16.1. The highest BCUT2D eigenvalue weighted by atomic mass is 32.2. The zero-order valence-corrected chi connectivity index (χ0v) is 16.7. The van der Waals surface area contributed by atoms with Gasteiger partial charge < -0.3 is 10.6 Å². The van der Waals surface area contributed by atoms with Gasteiger partial charge in [0.15, 0.2) is 0 Å². The van der Waals surface area contributed by atoms with Crippen LogP contribution in [-0.2, 0) is 19.6 Å². The molecule has 2 aromatic rings. The highest BCUT2D eigenvalue weighted by Crippen LogP contribution is 2.23. The topological polar surface area (TPSA) is 95.6 Å². The van der Waals surface area contributed by atoms with E-state index in [2.05, 4.69) is 10.6 Å². The van der Waals surface area contributed by atoms with Crippen LogP contribution in [0, 0.1) is 5.82 Å². The lowest BCUT2D eigenvalue weighted by Gasteiger charge is -2.26. The van der Waals surface area contributed by atoms with E-state index < -0.39 is 10.0 Å². The number of halogens is 1. The van der Waals surface area contributed by atoms with E-state index in [0.717, 1.165) is 9.87 Å². The first-order valence-electron chi connectivity index (χ1n) is 9.18. The van der Waals surface area contributed by atoms with Crippen molar-refractivity contribution in [2.75, 3.05) is 25.0 Å². The van der Waals surface area contributed by atoms with Gasteiger partial charge in [0.25, 0.3) is 0 Å². The van der Waals surface area contributed by atoms with Gasteiger partial charge in [-0.1, -0.05) is 25.1 Å². The molecule has 2 aromatic carbocycles. The summed E-state index contributed by atoms with van der Waals surface area (Å²) >= 11 is 0. The smallest absolute Gasteiger partial charge is 0.243 e. The molecule has 2 amide bonds. The number of rotatable bonds is 6. The maximum atomic E-state index is 13.0. The molecule has 1 fully saturated rings. The van der Waals surface area contributed by atoms with Crippen LogP contribution >= 0.6 is 0 Å². The fraction of sp³-hybridized carbons (Fsp3) is 0.300. The molecule has 0 bridgehead atoms. The summed E-state index contributed by atoms with van der Waals surface area (Å²) in [4.78, 5) is 23.9. The van der Waals surface area contributed by atoms with Gasteiger partial charge in [-0.2, -0.15) is 4.31 Å². The van der Waals surface area contributed by atoms with E-state index in [1.165, 1.54) is 30.3 Å².